The highest BCUT2D eigenvalue weighted by Crippen LogP contribution is 2.07. The van der Waals surface area contributed by atoms with Crippen molar-refractivity contribution in [1.29, 1.82) is 0 Å². The highest BCUT2D eigenvalue weighted by molar-refractivity contribution is 5.85. The number of amides is 1. The van der Waals surface area contributed by atoms with E-state index < -0.39 is 5.54 Å². The van der Waals surface area contributed by atoms with Crippen LogP contribution in [0.5, 0.6) is 0 Å². The fraction of sp³-hybridized carbons (Fsp3) is 0.889. The van der Waals surface area contributed by atoms with Crippen LogP contribution in [0.2, 0.25) is 0 Å². The molecule has 0 radical (unpaired) electrons. The Morgan fingerprint density at radius 3 is 2.57 bits per heavy atom. The lowest BCUT2D eigenvalue weighted by Crippen LogP contribution is -2.58. The van der Waals surface area contributed by atoms with Crippen molar-refractivity contribution in [1.82, 2.24) is 10.2 Å². The van der Waals surface area contributed by atoms with Crippen LogP contribution < -0.4 is 11.1 Å². The minimum absolute atomic E-state index is 0. The molecule has 0 aromatic heterocycles. The molecule has 1 aliphatic rings. The van der Waals surface area contributed by atoms with Crippen LogP contribution in [0.25, 0.3) is 0 Å². The van der Waals surface area contributed by atoms with E-state index in [0.29, 0.717) is 6.04 Å². The molecule has 1 fully saturated rings. The molecule has 14 heavy (non-hydrogen) atoms. The normalized spacial score (nSPS) is 22.9. The lowest BCUT2D eigenvalue weighted by molar-refractivity contribution is -0.136. The van der Waals surface area contributed by atoms with Gasteiger partial charge in [-0.1, -0.05) is 0 Å². The SMILES string of the molecule is CC1CN(C(=O)C(C)(C)N)CCN1.Cl. The van der Waals surface area contributed by atoms with Crippen LogP contribution in [0.1, 0.15) is 20.8 Å². The third kappa shape index (κ3) is 3.44. The fourth-order valence-electron chi connectivity index (χ4n) is 1.52. The highest BCUT2D eigenvalue weighted by atomic mass is 35.5. The molecule has 1 heterocycles. The van der Waals surface area contributed by atoms with Gasteiger partial charge in [0.15, 0.2) is 0 Å². The van der Waals surface area contributed by atoms with E-state index in [4.69, 9.17) is 5.73 Å². The first kappa shape index (κ1) is 13.7. The Bertz CT molecular complexity index is 203. The summed E-state index contributed by atoms with van der Waals surface area (Å²) in [5.41, 5.74) is 5.00. The van der Waals surface area contributed by atoms with Gasteiger partial charge < -0.3 is 16.0 Å². The van der Waals surface area contributed by atoms with E-state index in [2.05, 4.69) is 12.2 Å². The number of nitrogens with one attached hydrogen (secondary N) is 1. The molecule has 0 spiro atoms. The number of halogens is 1. The largest absolute Gasteiger partial charge is 0.338 e. The van der Waals surface area contributed by atoms with Gasteiger partial charge in [0.2, 0.25) is 5.91 Å². The van der Waals surface area contributed by atoms with E-state index in [1.165, 1.54) is 0 Å². The fourth-order valence-corrected chi connectivity index (χ4v) is 1.52. The molecule has 84 valence electrons. The lowest BCUT2D eigenvalue weighted by atomic mass is 10.0. The Labute approximate surface area is 91.6 Å². The second-order valence-corrected chi connectivity index (χ2v) is 4.33. The van der Waals surface area contributed by atoms with Crippen molar-refractivity contribution in [2.45, 2.75) is 32.4 Å². The molecule has 1 rings (SSSR count). The molecular weight excluding hydrogens is 202 g/mol. The molecule has 0 saturated carbocycles. The van der Waals surface area contributed by atoms with Gasteiger partial charge in [0, 0.05) is 25.7 Å². The lowest BCUT2D eigenvalue weighted by Gasteiger charge is -2.35. The summed E-state index contributed by atoms with van der Waals surface area (Å²) in [6, 6.07) is 0.375. The van der Waals surface area contributed by atoms with Gasteiger partial charge in [-0.3, -0.25) is 4.79 Å². The van der Waals surface area contributed by atoms with E-state index in [9.17, 15) is 4.79 Å². The molecule has 0 aliphatic carbocycles. The first-order valence-corrected chi connectivity index (χ1v) is 4.73. The molecule has 1 amide bonds. The number of piperazine rings is 1. The van der Waals surface area contributed by atoms with Gasteiger partial charge in [0.25, 0.3) is 0 Å². The van der Waals surface area contributed by atoms with Gasteiger partial charge in [0.1, 0.15) is 0 Å². The molecule has 1 atom stereocenters. The van der Waals surface area contributed by atoms with E-state index in [1.54, 1.807) is 13.8 Å². The molecular formula is C9H20ClN3O. The number of nitrogens with zero attached hydrogens (tertiary/aromatic N) is 1. The van der Waals surface area contributed by atoms with Gasteiger partial charge in [-0.05, 0) is 20.8 Å². The number of hydrogen-bond acceptors (Lipinski definition) is 3. The van der Waals surface area contributed by atoms with Crippen LogP contribution in [-0.2, 0) is 4.79 Å². The van der Waals surface area contributed by atoms with Gasteiger partial charge in [-0.2, -0.15) is 0 Å². The Kier molecular flexibility index (Phi) is 4.84. The molecule has 1 saturated heterocycles. The smallest absolute Gasteiger partial charge is 0.242 e. The first-order chi connectivity index (χ1) is 5.91. The average Bonchev–Trinajstić information content (AvgIpc) is 2.01. The number of hydrogen-bond donors (Lipinski definition) is 2. The topological polar surface area (TPSA) is 58.4 Å². The highest BCUT2D eigenvalue weighted by Gasteiger charge is 2.29. The molecule has 5 heteroatoms. The predicted molar refractivity (Wildman–Crippen MR) is 59.6 cm³/mol. The van der Waals surface area contributed by atoms with E-state index in [0.717, 1.165) is 19.6 Å². The van der Waals surface area contributed by atoms with Gasteiger partial charge in [0.05, 0.1) is 5.54 Å². The second-order valence-electron chi connectivity index (χ2n) is 4.33. The number of nitrogens with two attached hydrogens (primary N) is 1. The van der Waals surface area contributed by atoms with E-state index in [-0.39, 0.29) is 18.3 Å². The summed E-state index contributed by atoms with van der Waals surface area (Å²) in [5, 5.41) is 3.28. The minimum atomic E-state index is -0.739. The third-order valence-corrected chi connectivity index (χ3v) is 2.21. The number of carbonyl (C=O) groups is 1. The predicted octanol–water partition coefficient (Wildman–Crippen LogP) is -0.0342. The molecule has 4 nitrogen and oxygen atoms in total. The molecule has 1 unspecified atom stereocenters. The van der Waals surface area contributed by atoms with Crippen LogP contribution in [0, 0.1) is 0 Å². The summed E-state index contributed by atoms with van der Waals surface area (Å²) >= 11 is 0. The first-order valence-electron chi connectivity index (χ1n) is 4.73. The van der Waals surface area contributed by atoms with Crippen LogP contribution in [0.15, 0.2) is 0 Å². The summed E-state index contributed by atoms with van der Waals surface area (Å²) in [5.74, 6) is 0.0425. The molecule has 0 aromatic rings. The van der Waals surface area contributed by atoms with Crippen LogP contribution >= 0.6 is 12.4 Å². The van der Waals surface area contributed by atoms with E-state index >= 15 is 0 Å². The average molecular weight is 222 g/mol. The summed E-state index contributed by atoms with van der Waals surface area (Å²) in [6.45, 7) is 7.97. The Balaban J connectivity index is 0.00000169. The summed E-state index contributed by atoms with van der Waals surface area (Å²) in [7, 11) is 0. The van der Waals surface area contributed by atoms with Gasteiger partial charge in [-0.15, -0.1) is 12.4 Å². The monoisotopic (exact) mass is 221 g/mol. The quantitative estimate of drug-likeness (QED) is 0.654. The zero-order chi connectivity index (χ0) is 10.1. The number of rotatable bonds is 1. The minimum Gasteiger partial charge on any atom is -0.338 e. The van der Waals surface area contributed by atoms with Crippen molar-refractivity contribution in [2.24, 2.45) is 5.73 Å². The van der Waals surface area contributed by atoms with Gasteiger partial charge >= 0.3 is 0 Å². The Morgan fingerprint density at radius 1 is 1.57 bits per heavy atom. The molecule has 1 aliphatic heterocycles. The molecule has 3 N–H and O–H groups in total. The molecule has 0 bridgehead atoms. The maximum absolute atomic E-state index is 11.7. The zero-order valence-electron chi connectivity index (χ0n) is 9.04. The maximum Gasteiger partial charge on any atom is 0.242 e. The van der Waals surface area contributed by atoms with Crippen molar-refractivity contribution in [2.75, 3.05) is 19.6 Å². The van der Waals surface area contributed by atoms with Crippen molar-refractivity contribution in [3.8, 4) is 0 Å². The van der Waals surface area contributed by atoms with Crippen molar-refractivity contribution in [3.63, 3.8) is 0 Å². The van der Waals surface area contributed by atoms with Crippen LogP contribution in [0.3, 0.4) is 0 Å². The Hall–Kier alpha value is -0.320. The van der Waals surface area contributed by atoms with Crippen molar-refractivity contribution >= 4 is 18.3 Å². The summed E-state index contributed by atoms with van der Waals surface area (Å²) in [6.07, 6.45) is 0. The van der Waals surface area contributed by atoms with Gasteiger partial charge in [-0.25, -0.2) is 0 Å². The van der Waals surface area contributed by atoms with Crippen molar-refractivity contribution in [3.05, 3.63) is 0 Å². The van der Waals surface area contributed by atoms with Crippen LogP contribution in [0.4, 0.5) is 0 Å². The third-order valence-electron chi connectivity index (χ3n) is 2.21. The summed E-state index contributed by atoms with van der Waals surface area (Å²) in [4.78, 5) is 13.6. The standard InChI is InChI=1S/C9H19N3O.ClH/c1-7-6-12(5-4-11-7)8(13)9(2,3)10;/h7,11H,4-6,10H2,1-3H3;1H. The van der Waals surface area contributed by atoms with Crippen molar-refractivity contribution < 1.29 is 4.79 Å². The molecule has 0 aromatic carbocycles. The van der Waals surface area contributed by atoms with E-state index in [1.807, 2.05) is 4.90 Å². The van der Waals surface area contributed by atoms with Crippen LogP contribution in [-0.4, -0.2) is 42.0 Å². The second kappa shape index (κ2) is 4.96. The summed E-state index contributed by atoms with van der Waals surface area (Å²) < 4.78 is 0. The zero-order valence-corrected chi connectivity index (χ0v) is 9.86. The maximum atomic E-state index is 11.7. The number of carbonyl (C=O) groups excluding carboxylic acids is 1. The Morgan fingerprint density at radius 2 is 2.14 bits per heavy atom.